The van der Waals surface area contributed by atoms with Crippen molar-refractivity contribution in [1.82, 2.24) is 0 Å². The number of rotatable bonds is 10. The van der Waals surface area contributed by atoms with Crippen LogP contribution in [-0.2, 0) is 4.79 Å². The van der Waals surface area contributed by atoms with Crippen molar-refractivity contribution in [3.05, 3.63) is 0 Å². The van der Waals surface area contributed by atoms with Crippen LogP contribution in [0.3, 0.4) is 0 Å². The molecule has 0 aromatic carbocycles. The minimum absolute atomic E-state index is 0.372. The Morgan fingerprint density at radius 2 is 1.12 bits per heavy atom. The van der Waals surface area contributed by atoms with Gasteiger partial charge in [-0.1, -0.05) is 64.7 Å². The summed E-state index contributed by atoms with van der Waals surface area (Å²) in [6.45, 7) is 3.71. The summed E-state index contributed by atoms with van der Waals surface area (Å²) < 4.78 is 0. The molecule has 0 spiro atoms. The Hall–Kier alpha value is -0.570. The Balaban J connectivity index is 0. The number of carboxylic acid groups (broad SMARTS) is 1. The molecule has 104 valence electrons. The van der Waals surface area contributed by atoms with E-state index < -0.39 is 5.97 Å². The molecule has 0 radical (unpaired) electrons. The molecule has 0 aromatic heterocycles. The summed E-state index contributed by atoms with van der Waals surface area (Å²) in [7, 11) is 0. The molecule has 0 rings (SSSR count). The van der Waals surface area contributed by atoms with Crippen LogP contribution in [0.5, 0.6) is 0 Å². The number of aliphatic carboxylic acids is 1. The SMILES string of the molecule is CC(=O)O.CCCCCCCCCCCCO. The summed E-state index contributed by atoms with van der Waals surface area (Å²) in [5.74, 6) is -0.833. The predicted molar refractivity (Wildman–Crippen MR) is 72.2 cm³/mol. The van der Waals surface area contributed by atoms with Crippen LogP contribution >= 0.6 is 0 Å². The van der Waals surface area contributed by atoms with Crippen molar-refractivity contribution < 1.29 is 15.0 Å². The third kappa shape index (κ3) is 31.3. The van der Waals surface area contributed by atoms with Gasteiger partial charge in [0.1, 0.15) is 0 Å². The van der Waals surface area contributed by atoms with Crippen molar-refractivity contribution in [3.8, 4) is 0 Å². The molecule has 0 bridgehead atoms. The minimum Gasteiger partial charge on any atom is -0.481 e. The van der Waals surface area contributed by atoms with Gasteiger partial charge in [0.25, 0.3) is 5.97 Å². The van der Waals surface area contributed by atoms with E-state index >= 15 is 0 Å². The normalized spacial score (nSPS) is 9.59. The highest BCUT2D eigenvalue weighted by Crippen LogP contribution is 2.09. The lowest BCUT2D eigenvalue weighted by Gasteiger charge is -2.00. The Labute approximate surface area is 106 Å². The highest BCUT2D eigenvalue weighted by molar-refractivity contribution is 5.62. The summed E-state index contributed by atoms with van der Waals surface area (Å²) in [4.78, 5) is 9.00. The summed E-state index contributed by atoms with van der Waals surface area (Å²) in [5.41, 5.74) is 0. The lowest BCUT2D eigenvalue weighted by Crippen LogP contribution is -1.84. The highest BCUT2D eigenvalue weighted by atomic mass is 16.4. The number of hydrogen-bond donors (Lipinski definition) is 2. The van der Waals surface area contributed by atoms with Crippen molar-refractivity contribution >= 4 is 5.97 Å². The zero-order valence-corrected chi connectivity index (χ0v) is 11.6. The molecule has 3 heteroatoms. The van der Waals surface area contributed by atoms with Gasteiger partial charge in [-0.15, -0.1) is 0 Å². The van der Waals surface area contributed by atoms with E-state index in [-0.39, 0.29) is 0 Å². The molecule has 3 nitrogen and oxygen atoms in total. The monoisotopic (exact) mass is 246 g/mol. The van der Waals surface area contributed by atoms with Crippen LogP contribution < -0.4 is 0 Å². The number of unbranched alkanes of at least 4 members (excludes halogenated alkanes) is 9. The van der Waals surface area contributed by atoms with Crippen LogP contribution in [0.15, 0.2) is 0 Å². The van der Waals surface area contributed by atoms with Gasteiger partial charge in [0.2, 0.25) is 0 Å². The van der Waals surface area contributed by atoms with Gasteiger partial charge in [-0.2, -0.15) is 0 Å². The molecule has 0 atom stereocenters. The van der Waals surface area contributed by atoms with Crippen LogP contribution in [-0.4, -0.2) is 22.8 Å². The van der Waals surface area contributed by atoms with Crippen molar-refractivity contribution in [1.29, 1.82) is 0 Å². The van der Waals surface area contributed by atoms with E-state index in [1.165, 1.54) is 57.8 Å². The molecule has 0 aliphatic heterocycles. The van der Waals surface area contributed by atoms with Gasteiger partial charge in [-0.25, -0.2) is 0 Å². The fourth-order valence-electron chi connectivity index (χ4n) is 1.60. The first-order valence-corrected chi connectivity index (χ1v) is 6.95. The molecular formula is C14H30O3. The van der Waals surface area contributed by atoms with Crippen LogP contribution in [0.4, 0.5) is 0 Å². The first-order valence-electron chi connectivity index (χ1n) is 6.95. The smallest absolute Gasteiger partial charge is 0.300 e. The summed E-state index contributed by atoms with van der Waals surface area (Å²) in [6.07, 6.45) is 13.3. The highest BCUT2D eigenvalue weighted by Gasteiger charge is 1.91. The number of hydrogen-bond acceptors (Lipinski definition) is 2. The topological polar surface area (TPSA) is 57.5 Å². The molecule has 0 heterocycles. The van der Waals surface area contributed by atoms with E-state index in [0.29, 0.717) is 6.61 Å². The molecule has 0 saturated heterocycles. The van der Waals surface area contributed by atoms with Crippen molar-refractivity contribution in [3.63, 3.8) is 0 Å². The van der Waals surface area contributed by atoms with Crippen LogP contribution in [0.1, 0.15) is 78.1 Å². The molecule has 0 aromatic rings. The maximum Gasteiger partial charge on any atom is 0.300 e. The summed E-state index contributed by atoms with van der Waals surface area (Å²) in [6, 6.07) is 0. The number of aliphatic hydroxyl groups excluding tert-OH is 1. The van der Waals surface area contributed by atoms with Crippen molar-refractivity contribution in [2.75, 3.05) is 6.61 Å². The second kappa shape index (κ2) is 17.8. The Morgan fingerprint density at radius 1 is 0.824 bits per heavy atom. The molecule has 17 heavy (non-hydrogen) atoms. The lowest BCUT2D eigenvalue weighted by molar-refractivity contribution is -0.134. The van der Waals surface area contributed by atoms with Crippen molar-refractivity contribution in [2.24, 2.45) is 0 Å². The average molecular weight is 246 g/mol. The molecule has 0 aliphatic carbocycles. The molecule has 0 unspecified atom stereocenters. The van der Waals surface area contributed by atoms with Gasteiger partial charge in [-0.05, 0) is 6.42 Å². The number of carboxylic acids is 1. The van der Waals surface area contributed by atoms with E-state index in [0.717, 1.165) is 13.3 Å². The van der Waals surface area contributed by atoms with Gasteiger partial charge in [0, 0.05) is 13.5 Å². The third-order valence-corrected chi connectivity index (χ3v) is 2.51. The van der Waals surface area contributed by atoms with Gasteiger partial charge < -0.3 is 10.2 Å². The van der Waals surface area contributed by atoms with E-state index in [1.54, 1.807) is 0 Å². The average Bonchev–Trinajstić information content (AvgIpc) is 2.26. The number of aliphatic hydroxyl groups is 1. The van der Waals surface area contributed by atoms with Gasteiger partial charge in [-0.3, -0.25) is 4.79 Å². The maximum atomic E-state index is 9.00. The van der Waals surface area contributed by atoms with E-state index in [9.17, 15) is 0 Å². The second-order valence-electron chi connectivity index (χ2n) is 4.42. The van der Waals surface area contributed by atoms with E-state index in [4.69, 9.17) is 15.0 Å². The lowest BCUT2D eigenvalue weighted by atomic mass is 10.1. The van der Waals surface area contributed by atoms with Gasteiger partial charge >= 0.3 is 0 Å². The number of carbonyl (C=O) groups is 1. The van der Waals surface area contributed by atoms with Gasteiger partial charge in [0.15, 0.2) is 0 Å². The van der Waals surface area contributed by atoms with Crippen molar-refractivity contribution in [2.45, 2.75) is 78.1 Å². The fraction of sp³-hybridized carbons (Fsp3) is 0.929. The fourth-order valence-corrected chi connectivity index (χ4v) is 1.60. The van der Waals surface area contributed by atoms with Gasteiger partial charge in [0.05, 0.1) is 0 Å². The summed E-state index contributed by atoms with van der Waals surface area (Å²) >= 11 is 0. The quantitative estimate of drug-likeness (QED) is 0.573. The molecular weight excluding hydrogens is 216 g/mol. The Bertz CT molecular complexity index is 132. The largest absolute Gasteiger partial charge is 0.481 e. The van der Waals surface area contributed by atoms with E-state index in [1.807, 2.05) is 0 Å². The predicted octanol–water partition coefficient (Wildman–Crippen LogP) is 3.99. The third-order valence-electron chi connectivity index (χ3n) is 2.51. The zero-order valence-electron chi connectivity index (χ0n) is 11.6. The molecule has 2 N–H and O–H groups in total. The van der Waals surface area contributed by atoms with Crippen LogP contribution in [0.2, 0.25) is 0 Å². The maximum absolute atomic E-state index is 9.00. The Morgan fingerprint density at radius 3 is 1.41 bits per heavy atom. The first-order chi connectivity index (χ1) is 8.15. The standard InChI is InChI=1S/C12H26O.C2H4O2/c1-2-3-4-5-6-7-8-9-10-11-12-13;1-2(3)4/h13H,2-12H2,1H3;1H3,(H,3,4). The zero-order chi connectivity index (χ0) is 13.4. The van der Waals surface area contributed by atoms with Crippen LogP contribution in [0, 0.1) is 0 Å². The first kappa shape index (κ1) is 18.8. The minimum atomic E-state index is -0.833. The Kier molecular flexibility index (Phi) is 19.7. The summed E-state index contributed by atoms with van der Waals surface area (Å²) in [5, 5.41) is 16.0. The molecule has 0 amide bonds. The van der Waals surface area contributed by atoms with E-state index in [2.05, 4.69) is 6.92 Å². The molecule has 0 saturated carbocycles. The molecule has 0 aliphatic rings. The second-order valence-corrected chi connectivity index (χ2v) is 4.42. The van der Waals surface area contributed by atoms with Crippen LogP contribution in [0.25, 0.3) is 0 Å². The molecule has 0 fully saturated rings.